The second kappa shape index (κ2) is 2.83. The molecule has 0 fully saturated rings. The molecule has 4 nitrogen and oxygen atoms in total. The van der Waals surface area contributed by atoms with Crippen LogP contribution in [0.2, 0.25) is 0 Å². The van der Waals surface area contributed by atoms with Gasteiger partial charge in [0.05, 0.1) is 6.54 Å². The molecule has 5 heteroatoms. The molecule has 0 aliphatic carbocycles. The summed E-state index contributed by atoms with van der Waals surface area (Å²) in [6.45, 7) is 1.63. The number of rotatable bonds is 2. The first-order valence-corrected chi connectivity index (χ1v) is 4.65. The first-order valence-electron chi connectivity index (χ1n) is 3.67. The van der Waals surface area contributed by atoms with Crippen LogP contribution < -0.4 is 5.73 Å². The fraction of sp³-hybridized carbons (Fsp3) is 0.667. The van der Waals surface area contributed by atoms with Gasteiger partial charge in [-0.25, -0.2) is 9.67 Å². The number of thioether (sulfide) groups is 1. The largest absolute Gasteiger partial charge is 0.330 e. The molecule has 0 spiro atoms. The highest BCUT2D eigenvalue weighted by atomic mass is 32.2. The Hall–Kier alpha value is -0.550. The van der Waals surface area contributed by atoms with Gasteiger partial charge in [-0.3, -0.25) is 0 Å². The van der Waals surface area contributed by atoms with Gasteiger partial charge in [-0.05, 0) is 6.54 Å². The van der Waals surface area contributed by atoms with Crippen LogP contribution in [-0.2, 0) is 13.0 Å². The van der Waals surface area contributed by atoms with Gasteiger partial charge in [-0.1, -0.05) is 11.8 Å². The maximum atomic E-state index is 5.38. The van der Waals surface area contributed by atoms with Crippen molar-refractivity contribution in [3.8, 4) is 0 Å². The fourth-order valence-corrected chi connectivity index (χ4v) is 1.98. The summed E-state index contributed by atoms with van der Waals surface area (Å²) in [6, 6.07) is 0. The highest BCUT2D eigenvalue weighted by Gasteiger charge is 2.14. The number of nitrogens with zero attached hydrogens (tertiary/aromatic N) is 3. The van der Waals surface area contributed by atoms with Crippen LogP contribution in [0.15, 0.2) is 5.16 Å². The number of fused-ring (bicyclic) bond motifs is 1. The maximum Gasteiger partial charge on any atom is 0.186 e. The standard InChI is InChI=1S/C6H10N4S/c7-2-1-5-8-6-10(9-5)3-4-11-6/h1-4,7H2. The average Bonchev–Trinajstić information content (AvgIpc) is 2.46. The molecule has 1 aromatic rings. The van der Waals surface area contributed by atoms with Gasteiger partial charge in [0.1, 0.15) is 0 Å². The van der Waals surface area contributed by atoms with Gasteiger partial charge in [0, 0.05) is 12.2 Å². The van der Waals surface area contributed by atoms with Crippen molar-refractivity contribution in [3.05, 3.63) is 5.82 Å². The summed E-state index contributed by atoms with van der Waals surface area (Å²) in [5, 5.41) is 5.33. The molecule has 0 radical (unpaired) electrons. The molecule has 0 bridgehead atoms. The van der Waals surface area contributed by atoms with Crippen LogP contribution in [-0.4, -0.2) is 27.1 Å². The van der Waals surface area contributed by atoms with Crippen molar-refractivity contribution in [1.82, 2.24) is 14.8 Å². The van der Waals surface area contributed by atoms with E-state index in [2.05, 4.69) is 10.1 Å². The molecule has 0 saturated heterocycles. The minimum Gasteiger partial charge on any atom is -0.330 e. The zero-order chi connectivity index (χ0) is 7.68. The van der Waals surface area contributed by atoms with Crippen LogP contribution in [0.1, 0.15) is 5.82 Å². The van der Waals surface area contributed by atoms with Crippen molar-refractivity contribution >= 4 is 11.8 Å². The Bertz CT molecular complexity index is 236. The zero-order valence-electron chi connectivity index (χ0n) is 6.16. The van der Waals surface area contributed by atoms with E-state index in [0.717, 1.165) is 29.7 Å². The smallest absolute Gasteiger partial charge is 0.186 e. The lowest BCUT2D eigenvalue weighted by molar-refractivity contribution is 0.619. The van der Waals surface area contributed by atoms with E-state index in [-0.39, 0.29) is 0 Å². The number of hydrogen-bond donors (Lipinski definition) is 1. The lowest BCUT2D eigenvalue weighted by atomic mass is 10.4. The zero-order valence-corrected chi connectivity index (χ0v) is 6.97. The maximum absolute atomic E-state index is 5.38. The molecule has 0 aromatic carbocycles. The Morgan fingerprint density at radius 1 is 1.64 bits per heavy atom. The molecule has 2 heterocycles. The van der Waals surface area contributed by atoms with Crippen LogP contribution in [0.4, 0.5) is 0 Å². The van der Waals surface area contributed by atoms with E-state index in [1.54, 1.807) is 11.8 Å². The first kappa shape index (κ1) is 7.12. The Kier molecular flexibility index (Phi) is 1.83. The third-order valence-corrected chi connectivity index (χ3v) is 2.53. The summed E-state index contributed by atoms with van der Waals surface area (Å²) >= 11 is 1.76. The third-order valence-electron chi connectivity index (χ3n) is 1.58. The Balaban J connectivity index is 2.20. The van der Waals surface area contributed by atoms with Crippen LogP contribution in [0.3, 0.4) is 0 Å². The van der Waals surface area contributed by atoms with Gasteiger partial charge in [0.2, 0.25) is 0 Å². The number of hydrogen-bond acceptors (Lipinski definition) is 4. The molecule has 1 aromatic heterocycles. The SMILES string of the molecule is NCCc1nc2n(n1)CCS2. The van der Waals surface area contributed by atoms with Crippen molar-refractivity contribution in [1.29, 1.82) is 0 Å². The molecular formula is C6H10N4S. The van der Waals surface area contributed by atoms with E-state index in [1.807, 2.05) is 4.68 Å². The third kappa shape index (κ3) is 1.25. The first-order chi connectivity index (χ1) is 5.40. The number of aryl methyl sites for hydroxylation is 1. The molecule has 1 aliphatic rings. The normalized spacial score (nSPS) is 15.4. The van der Waals surface area contributed by atoms with Crippen molar-refractivity contribution in [2.45, 2.75) is 18.1 Å². The van der Waals surface area contributed by atoms with Gasteiger partial charge in [-0.2, -0.15) is 5.10 Å². The monoisotopic (exact) mass is 170 g/mol. The van der Waals surface area contributed by atoms with Crippen LogP contribution in [0.5, 0.6) is 0 Å². The van der Waals surface area contributed by atoms with Crippen molar-refractivity contribution < 1.29 is 0 Å². The quantitative estimate of drug-likeness (QED) is 0.672. The summed E-state index contributed by atoms with van der Waals surface area (Å²) in [5.41, 5.74) is 5.38. The predicted octanol–water partition coefficient (Wildman–Crippen LogP) is -0.115. The van der Waals surface area contributed by atoms with E-state index in [1.165, 1.54) is 0 Å². The van der Waals surface area contributed by atoms with E-state index >= 15 is 0 Å². The average molecular weight is 170 g/mol. The van der Waals surface area contributed by atoms with Crippen molar-refractivity contribution in [2.75, 3.05) is 12.3 Å². The topological polar surface area (TPSA) is 56.7 Å². The minimum atomic E-state index is 0.633. The van der Waals surface area contributed by atoms with E-state index < -0.39 is 0 Å². The minimum absolute atomic E-state index is 0.633. The molecule has 0 unspecified atom stereocenters. The second-order valence-electron chi connectivity index (χ2n) is 2.42. The highest BCUT2D eigenvalue weighted by molar-refractivity contribution is 7.99. The van der Waals surface area contributed by atoms with Crippen molar-refractivity contribution in [2.24, 2.45) is 5.73 Å². The molecule has 1 aliphatic heterocycles. The Morgan fingerprint density at radius 2 is 2.55 bits per heavy atom. The molecule has 0 atom stereocenters. The molecule has 11 heavy (non-hydrogen) atoms. The number of nitrogens with two attached hydrogens (primary N) is 1. The van der Waals surface area contributed by atoms with E-state index in [0.29, 0.717) is 6.54 Å². The molecule has 60 valence electrons. The number of aromatic nitrogens is 3. The lowest BCUT2D eigenvalue weighted by Crippen LogP contribution is -2.05. The Labute approximate surface area is 69.2 Å². The molecule has 2 N–H and O–H groups in total. The molecule has 2 rings (SSSR count). The van der Waals surface area contributed by atoms with Gasteiger partial charge in [0.25, 0.3) is 0 Å². The molecule has 0 amide bonds. The molecule has 0 saturated carbocycles. The van der Waals surface area contributed by atoms with Crippen LogP contribution in [0.25, 0.3) is 0 Å². The van der Waals surface area contributed by atoms with Crippen molar-refractivity contribution in [3.63, 3.8) is 0 Å². The molecular weight excluding hydrogens is 160 g/mol. The summed E-state index contributed by atoms with van der Waals surface area (Å²) in [7, 11) is 0. The van der Waals surface area contributed by atoms with E-state index in [4.69, 9.17) is 5.73 Å². The van der Waals surface area contributed by atoms with Gasteiger partial charge in [-0.15, -0.1) is 0 Å². The summed E-state index contributed by atoms with van der Waals surface area (Å²) in [4.78, 5) is 4.32. The second-order valence-corrected chi connectivity index (χ2v) is 3.48. The Morgan fingerprint density at radius 3 is 3.27 bits per heavy atom. The van der Waals surface area contributed by atoms with Gasteiger partial charge >= 0.3 is 0 Å². The van der Waals surface area contributed by atoms with Crippen LogP contribution in [0, 0.1) is 0 Å². The predicted molar refractivity (Wildman–Crippen MR) is 43.5 cm³/mol. The van der Waals surface area contributed by atoms with E-state index in [9.17, 15) is 0 Å². The lowest BCUT2D eigenvalue weighted by Gasteiger charge is -1.89. The fourth-order valence-electron chi connectivity index (χ4n) is 1.08. The van der Waals surface area contributed by atoms with Crippen LogP contribution >= 0.6 is 11.8 Å². The highest BCUT2D eigenvalue weighted by Crippen LogP contribution is 2.22. The summed E-state index contributed by atoms with van der Waals surface area (Å²) < 4.78 is 1.95. The summed E-state index contributed by atoms with van der Waals surface area (Å²) in [5.74, 6) is 1.99. The van der Waals surface area contributed by atoms with Gasteiger partial charge < -0.3 is 5.73 Å². The van der Waals surface area contributed by atoms with Gasteiger partial charge in [0.15, 0.2) is 11.0 Å². The summed E-state index contributed by atoms with van der Waals surface area (Å²) in [6.07, 6.45) is 0.792.